The Balaban J connectivity index is 1.50. The van der Waals surface area contributed by atoms with E-state index in [-0.39, 0.29) is 51.8 Å². The van der Waals surface area contributed by atoms with Crippen LogP contribution in [0.15, 0.2) is 36.0 Å². The molecule has 4 aliphatic rings. The van der Waals surface area contributed by atoms with E-state index in [1.54, 1.807) is 36.9 Å². The average Bonchev–Trinajstić information content (AvgIpc) is 3.25. The lowest BCUT2D eigenvalue weighted by Crippen LogP contribution is -2.48. The molecule has 1 aliphatic carbocycles. The van der Waals surface area contributed by atoms with E-state index in [1.165, 1.54) is 12.1 Å². The van der Waals surface area contributed by atoms with Crippen LogP contribution in [0.1, 0.15) is 83.7 Å². The van der Waals surface area contributed by atoms with Gasteiger partial charge in [0.15, 0.2) is 5.78 Å². The fourth-order valence-electron chi connectivity index (χ4n) is 6.28. The van der Waals surface area contributed by atoms with Crippen molar-refractivity contribution in [2.45, 2.75) is 83.8 Å². The van der Waals surface area contributed by atoms with Gasteiger partial charge in [0.1, 0.15) is 29.3 Å². The van der Waals surface area contributed by atoms with Crippen molar-refractivity contribution in [1.29, 1.82) is 0 Å². The van der Waals surface area contributed by atoms with Crippen LogP contribution in [0.3, 0.4) is 0 Å². The molecule has 10 heteroatoms. The number of allylic oxidation sites excluding steroid dienone is 2. The van der Waals surface area contributed by atoms with Crippen LogP contribution in [0.4, 0.5) is 0 Å². The van der Waals surface area contributed by atoms with Crippen molar-refractivity contribution in [1.82, 2.24) is 4.90 Å². The van der Waals surface area contributed by atoms with Gasteiger partial charge in [0.25, 0.3) is 0 Å². The Labute approximate surface area is 237 Å². The van der Waals surface area contributed by atoms with Crippen LogP contribution in [0, 0.1) is 12.8 Å². The maximum Gasteiger partial charge on any atom is 0.331 e. The molecule has 0 radical (unpaired) electrons. The molecule has 216 valence electrons. The van der Waals surface area contributed by atoms with Crippen molar-refractivity contribution in [3.8, 4) is 11.5 Å². The smallest absolute Gasteiger partial charge is 0.331 e. The number of nitrogens with zero attached hydrogens (tertiary/aromatic N) is 1. The molecule has 7 atom stereocenters. The van der Waals surface area contributed by atoms with E-state index in [1.807, 2.05) is 13.8 Å². The summed E-state index contributed by atoms with van der Waals surface area (Å²) >= 11 is 0. The number of aliphatic hydroxyl groups is 2. The molecule has 3 aliphatic heterocycles. The number of hydrogen-bond donors (Lipinski definition) is 3. The second-order valence-electron chi connectivity index (χ2n) is 11.5. The number of ketones is 2. The molecule has 2 aromatic rings. The number of phenols is 1. The standard InChI is InChI=1S/C31H33NO9/c1-5-13(2)10-18-31(38)41-30-17-9-14(3)11-19(33)23(17)25-26(32(18)30)29(37)24-16(28(25)36)7-6-8-21(24)40-22-12-20(34)27(35)15(4)39-22/h6-9,11,13,15,18,20,22,27,30,33-35H,5,10,12H2,1-4H3. The molecule has 0 aromatic heterocycles. The highest BCUT2D eigenvalue weighted by molar-refractivity contribution is 6.41. The van der Waals surface area contributed by atoms with E-state index in [2.05, 4.69) is 0 Å². The normalized spacial score (nSPS) is 29.4. The van der Waals surface area contributed by atoms with Gasteiger partial charge in [-0.05, 0) is 49.9 Å². The van der Waals surface area contributed by atoms with Crippen molar-refractivity contribution < 1.29 is 43.9 Å². The van der Waals surface area contributed by atoms with Crippen molar-refractivity contribution in [2.75, 3.05) is 0 Å². The number of fused-ring (bicyclic) bond motifs is 6. The lowest BCUT2D eigenvalue weighted by atomic mass is 9.78. The molecule has 0 bridgehead atoms. The summed E-state index contributed by atoms with van der Waals surface area (Å²) < 4.78 is 17.6. The summed E-state index contributed by atoms with van der Waals surface area (Å²) in [5.74, 6) is -1.50. The molecular weight excluding hydrogens is 530 g/mol. The molecule has 0 spiro atoms. The van der Waals surface area contributed by atoms with Gasteiger partial charge >= 0.3 is 5.97 Å². The molecule has 41 heavy (non-hydrogen) atoms. The first-order valence-corrected chi connectivity index (χ1v) is 14.0. The van der Waals surface area contributed by atoms with Crippen molar-refractivity contribution in [3.63, 3.8) is 0 Å². The number of rotatable bonds is 5. The highest BCUT2D eigenvalue weighted by Crippen LogP contribution is 2.52. The van der Waals surface area contributed by atoms with Gasteiger partial charge in [0.2, 0.25) is 18.3 Å². The summed E-state index contributed by atoms with van der Waals surface area (Å²) in [7, 11) is 0. The van der Waals surface area contributed by atoms with Gasteiger partial charge in [-0.3, -0.25) is 9.59 Å². The first kappa shape index (κ1) is 27.4. The molecule has 0 saturated carbocycles. The first-order valence-electron chi connectivity index (χ1n) is 14.0. The number of carbonyl (C=O) groups excluding carboxylic acids is 3. The summed E-state index contributed by atoms with van der Waals surface area (Å²) in [5, 5.41) is 31.4. The van der Waals surface area contributed by atoms with E-state index in [0.717, 1.165) is 6.42 Å². The molecule has 10 nitrogen and oxygen atoms in total. The highest BCUT2D eigenvalue weighted by Gasteiger charge is 2.54. The number of benzene rings is 2. The van der Waals surface area contributed by atoms with Gasteiger partial charge in [-0.15, -0.1) is 0 Å². The van der Waals surface area contributed by atoms with Gasteiger partial charge in [0, 0.05) is 23.1 Å². The maximum absolute atomic E-state index is 14.5. The summed E-state index contributed by atoms with van der Waals surface area (Å²) in [4.78, 5) is 43.5. The van der Waals surface area contributed by atoms with Crippen LogP contribution in [-0.4, -0.2) is 68.4 Å². The van der Waals surface area contributed by atoms with Gasteiger partial charge in [-0.1, -0.05) is 32.4 Å². The topological polar surface area (TPSA) is 143 Å². The predicted molar refractivity (Wildman–Crippen MR) is 145 cm³/mol. The molecule has 2 aromatic carbocycles. The Kier molecular flexibility index (Phi) is 6.67. The molecule has 6 rings (SSSR count). The summed E-state index contributed by atoms with van der Waals surface area (Å²) in [5.41, 5.74) is 1.45. The van der Waals surface area contributed by atoms with E-state index >= 15 is 0 Å². The number of hydrogen-bond acceptors (Lipinski definition) is 10. The zero-order valence-corrected chi connectivity index (χ0v) is 23.3. The minimum atomic E-state index is -1.09. The van der Waals surface area contributed by atoms with Gasteiger partial charge < -0.3 is 34.4 Å². The van der Waals surface area contributed by atoms with Gasteiger partial charge in [-0.25, -0.2) is 4.79 Å². The number of phenolic OH excluding ortho intramolecular Hbond substituents is 1. The summed E-state index contributed by atoms with van der Waals surface area (Å²) in [6.07, 6.45) is -3.68. The largest absolute Gasteiger partial charge is 0.507 e. The minimum Gasteiger partial charge on any atom is -0.507 e. The third kappa shape index (κ3) is 4.24. The van der Waals surface area contributed by atoms with Crippen LogP contribution in [0.2, 0.25) is 0 Å². The molecule has 3 N–H and O–H groups in total. The number of aryl methyl sites for hydroxylation is 1. The predicted octanol–water partition coefficient (Wildman–Crippen LogP) is 3.40. The molecule has 7 unspecified atom stereocenters. The Morgan fingerprint density at radius 3 is 2.59 bits per heavy atom. The molecule has 3 heterocycles. The van der Waals surface area contributed by atoms with E-state index in [9.17, 15) is 29.7 Å². The molecule has 2 saturated heterocycles. The fraction of sp³-hybridized carbons (Fsp3) is 0.452. The number of carbonyl (C=O) groups is 3. The van der Waals surface area contributed by atoms with Crippen LogP contribution >= 0.6 is 0 Å². The quantitative estimate of drug-likeness (QED) is 0.463. The second kappa shape index (κ2) is 9.97. The zero-order chi connectivity index (χ0) is 29.3. The third-order valence-electron chi connectivity index (χ3n) is 8.59. The van der Waals surface area contributed by atoms with Crippen LogP contribution in [-0.2, 0) is 14.3 Å². The van der Waals surface area contributed by atoms with Crippen LogP contribution in [0.25, 0.3) is 5.57 Å². The number of Topliss-reactive ketones (excluding diaryl/α,β-unsaturated/α-hetero) is 2. The number of aliphatic hydroxyl groups excluding tert-OH is 2. The Hall–Kier alpha value is -3.73. The molecule has 2 fully saturated rings. The van der Waals surface area contributed by atoms with Gasteiger partial charge in [0.05, 0.1) is 23.3 Å². The zero-order valence-electron chi connectivity index (χ0n) is 23.3. The molecular formula is C31H33NO9. The second-order valence-corrected chi connectivity index (χ2v) is 11.5. The maximum atomic E-state index is 14.5. The fourth-order valence-corrected chi connectivity index (χ4v) is 6.28. The lowest BCUT2D eigenvalue weighted by molar-refractivity contribution is -0.216. The lowest BCUT2D eigenvalue weighted by Gasteiger charge is -2.39. The Bertz CT molecular complexity index is 1480. The van der Waals surface area contributed by atoms with Crippen molar-refractivity contribution in [3.05, 3.63) is 63.8 Å². The van der Waals surface area contributed by atoms with Crippen molar-refractivity contribution in [2.24, 2.45) is 5.92 Å². The summed E-state index contributed by atoms with van der Waals surface area (Å²) in [6.45, 7) is 7.42. The molecule has 0 amide bonds. The highest BCUT2D eigenvalue weighted by atomic mass is 16.7. The number of esters is 1. The van der Waals surface area contributed by atoms with Gasteiger partial charge in [-0.2, -0.15) is 0 Å². The van der Waals surface area contributed by atoms with E-state index in [4.69, 9.17) is 14.2 Å². The number of ether oxygens (including phenoxy) is 3. The summed E-state index contributed by atoms with van der Waals surface area (Å²) in [6, 6.07) is 7.12. The SMILES string of the molecule is CCC(C)CC1C(=O)OC2c3cc(C)cc(O)c3C3=C(C(=O)c4c(OC5CC(O)C(O)C(C)O5)cccc4C3=O)N12. The number of aromatic hydroxyl groups is 1. The van der Waals surface area contributed by atoms with Crippen molar-refractivity contribution >= 4 is 23.1 Å². The monoisotopic (exact) mass is 563 g/mol. The average molecular weight is 564 g/mol. The van der Waals surface area contributed by atoms with E-state index in [0.29, 0.717) is 17.5 Å². The Morgan fingerprint density at radius 1 is 1.12 bits per heavy atom. The van der Waals surface area contributed by atoms with E-state index < -0.39 is 54.4 Å². The third-order valence-corrected chi connectivity index (χ3v) is 8.59. The first-order chi connectivity index (χ1) is 19.5. The Morgan fingerprint density at radius 2 is 1.88 bits per heavy atom. The minimum absolute atomic E-state index is 0.00329. The van der Waals surface area contributed by atoms with Crippen LogP contribution < -0.4 is 4.74 Å². The van der Waals surface area contributed by atoms with Crippen LogP contribution in [0.5, 0.6) is 11.5 Å².